The highest BCUT2D eigenvalue weighted by Crippen LogP contribution is 2.29. The van der Waals surface area contributed by atoms with Crippen molar-refractivity contribution >= 4 is 45.8 Å². The van der Waals surface area contributed by atoms with E-state index in [9.17, 15) is 24.3 Å². The van der Waals surface area contributed by atoms with Crippen LogP contribution in [0.3, 0.4) is 0 Å². The first kappa shape index (κ1) is 27.2. The Bertz CT molecular complexity index is 1610. The SMILES string of the molecule is C[C@@H](Nc1c(Nc2ccc3[nH]nc(NC(=O)CN(C)C(=O)OC(C)(C)C)c3c2)c(=O)c1=O)c1cccc(O)c1. The highest BCUT2D eigenvalue weighted by atomic mass is 16.6. The quantitative estimate of drug-likeness (QED) is 0.212. The smallest absolute Gasteiger partial charge is 0.410 e. The minimum absolute atomic E-state index is 0.0947. The summed E-state index contributed by atoms with van der Waals surface area (Å²) in [6.07, 6.45) is -0.633. The van der Waals surface area contributed by atoms with Crippen LogP contribution in [0.4, 0.5) is 27.7 Å². The highest BCUT2D eigenvalue weighted by Gasteiger charge is 2.24. The molecule has 0 saturated carbocycles. The monoisotopic (exact) mass is 534 g/mol. The molecule has 2 amide bonds. The number of hydrogen-bond donors (Lipinski definition) is 5. The molecule has 12 heteroatoms. The van der Waals surface area contributed by atoms with Crippen molar-refractivity contribution in [3.8, 4) is 5.75 Å². The number of phenolic OH excluding ortho intramolecular Hbond substituents is 1. The van der Waals surface area contributed by atoms with Crippen molar-refractivity contribution in [3.05, 3.63) is 68.5 Å². The van der Waals surface area contributed by atoms with Gasteiger partial charge in [-0.1, -0.05) is 12.1 Å². The Labute approximate surface area is 223 Å². The Hall–Kier alpha value is -4.87. The van der Waals surface area contributed by atoms with Crippen molar-refractivity contribution < 1.29 is 19.4 Å². The van der Waals surface area contributed by atoms with Crippen LogP contribution in [0.1, 0.15) is 39.3 Å². The molecule has 204 valence electrons. The van der Waals surface area contributed by atoms with E-state index in [1.54, 1.807) is 63.2 Å². The van der Waals surface area contributed by atoms with Crippen molar-refractivity contribution in [2.45, 2.75) is 39.3 Å². The average molecular weight is 535 g/mol. The maximum Gasteiger partial charge on any atom is 0.410 e. The number of carbonyl (C=O) groups excluding carboxylic acids is 2. The first-order valence-electron chi connectivity index (χ1n) is 12.2. The van der Waals surface area contributed by atoms with Gasteiger partial charge in [-0.15, -0.1) is 0 Å². The molecule has 0 aliphatic carbocycles. The molecule has 0 fully saturated rings. The second kappa shape index (κ2) is 10.5. The maximum absolute atomic E-state index is 12.6. The first-order valence-corrected chi connectivity index (χ1v) is 12.2. The molecule has 39 heavy (non-hydrogen) atoms. The molecule has 1 aromatic heterocycles. The summed E-state index contributed by atoms with van der Waals surface area (Å²) < 4.78 is 5.26. The minimum atomic E-state index is -0.691. The van der Waals surface area contributed by atoms with Gasteiger partial charge in [-0.25, -0.2) is 4.79 Å². The van der Waals surface area contributed by atoms with Gasteiger partial charge in [-0.2, -0.15) is 5.10 Å². The van der Waals surface area contributed by atoms with Gasteiger partial charge in [0.2, 0.25) is 5.91 Å². The number of hydrogen-bond acceptors (Lipinski definition) is 9. The number of nitrogens with one attached hydrogen (secondary N) is 4. The van der Waals surface area contributed by atoms with Gasteiger partial charge in [0.05, 0.1) is 5.52 Å². The molecule has 1 atom stereocenters. The molecule has 0 aliphatic rings. The van der Waals surface area contributed by atoms with Crippen LogP contribution in [0.5, 0.6) is 5.75 Å². The van der Waals surface area contributed by atoms with E-state index in [0.717, 1.165) is 10.5 Å². The Morgan fingerprint density at radius 2 is 1.82 bits per heavy atom. The van der Waals surface area contributed by atoms with E-state index in [4.69, 9.17) is 4.74 Å². The first-order chi connectivity index (χ1) is 18.3. The topological polar surface area (TPSA) is 166 Å². The van der Waals surface area contributed by atoms with Crippen LogP contribution in [0, 0.1) is 0 Å². The lowest BCUT2D eigenvalue weighted by atomic mass is 10.1. The number of amides is 2. The maximum atomic E-state index is 12.6. The van der Waals surface area contributed by atoms with Gasteiger partial charge in [0.15, 0.2) is 5.82 Å². The van der Waals surface area contributed by atoms with Crippen LogP contribution in [0.2, 0.25) is 0 Å². The standard InChI is InChI=1S/C27H30N6O6/c1-14(15-7-6-8-17(34)11-15)28-21-22(24(37)23(21)36)29-16-9-10-19-18(12-16)25(32-31-19)30-20(35)13-33(5)26(38)39-27(2,3)4/h6-12,14,28-29,34H,13H2,1-5H3,(H2,30,31,32,35)/t14-/m1/s1. The van der Waals surface area contributed by atoms with E-state index in [1.807, 2.05) is 6.92 Å². The lowest BCUT2D eigenvalue weighted by Gasteiger charge is -2.24. The van der Waals surface area contributed by atoms with E-state index in [0.29, 0.717) is 16.6 Å². The van der Waals surface area contributed by atoms with Crippen molar-refractivity contribution in [2.24, 2.45) is 0 Å². The molecule has 0 bridgehead atoms. The molecule has 0 aliphatic heterocycles. The Morgan fingerprint density at radius 1 is 1.10 bits per heavy atom. The minimum Gasteiger partial charge on any atom is -0.508 e. The number of benzene rings is 2. The molecule has 5 N–H and O–H groups in total. The molecule has 3 aromatic carbocycles. The van der Waals surface area contributed by atoms with Crippen LogP contribution in [0.15, 0.2) is 52.1 Å². The molecule has 1 heterocycles. The van der Waals surface area contributed by atoms with E-state index < -0.39 is 28.5 Å². The number of ether oxygens (including phenoxy) is 1. The second-order valence-corrected chi connectivity index (χ2v) is 10.2. The average Bonchev–Trinajstić information content (AvgIpc) is 3.26. The van der Waals surface area contributed by atoms with Gasteiger partial charge >= 0.3 is 6.09 Å². The predicted octanol–water partition coefficient (Wildman–Crippen LogP) is 3.59. The largest absolute Gasteiger partial charge is 0.508 e. The number of likely N-dealkylation sites (N-methyl/N-ethyl adjacent to an activating group) is 1. The van der Waals surface area contributed by atoms with Gasteiger partial charge in [-0.3, -0.25) is 19.5 Å². The fourth-order valence-corrected chi connectivity index (χ4v) is 3.87. The summed E-state index contributed by atoms with van der Waals surface area (Å²) in [6.45, 7) is 6.76. The Balaban J connectivity index is 1.48. The van der Waals surface area contributed by atoms with Crippen LogP contribution in [0.25, 0.3) is 10.9 Å². The summed E-state index contributed by atoms with van der Waals surface area (Å²) in [7, 11) is 1.45. The summed E-state index contributed by atoms with van der Waals surface area (Å²) >= 11 is 0. The summed E-state index contributed by atoms with van der Waals surface area (Å²) in [5.74, 6) is -0.153. The van der Waals surface area contributed by atoms with Gasteiger partial charge in [0.1, 0.15) is 29.3 Å². The van der Waals surface area contributed by atoms with E-state index >= 15 is 0 Å². The zero-order valence-electron chi connectivity index (χ0n) is 22.2. The van der Waals surface area contributed by atoms with Crippen LogP contribution in [-0.2, 0) is 9.53 Å². The third-order valence-corrected chi connectivity index (χ3v) is 5.82. The van der Waals surface area contributed by atoms with E-state index in [1.165, 1.54) is 7.05 Å². The Morgan fingerprint density at radius 3 is 2.51 bits per heavy atom. The lowest BCUT2D eigenvalue weighted by Crippen LogP contribution is -2.38. The van der Waals surface area contributed by atoms with Crippen LogP contribution < -0.4 is 26.8 Å². The molecule has 4 rings (SSSR count). The lowest BCUT2D eigenvalue weighted by molar-refractivity contribution is -0.117. The molecule has 0 unspecified atom stereocenters. The molecular formula is C27H30N6O6. The molecule has 0 spiro atoms. The number of nitrogens with zero attached hydrogens (tertiary/aromatic N) is 2. The van der Waals surface area contributed by atoms with Gasteiger partial charge in [0, 0.05) is 24.2 Å². The predicted molar refractivity (Wildman–Crippen MR) is 148 cm³/mol. The number of anilines is 4. The number of fused-ring (bicyclic) bond motifs is 1. The summed E-state index contributed by atoms with van der Waals surface area (Å²) in [4.78, 5) is 50.5. The van der Waals surface area contributed by atoms with E-state index in [2.05, 4.69) is 26.1 Å². The zero-order chi connectivity index (χ0) is 28.5. The molecule has 12 nitrogen and oxygen atoms in total. The van der Waals surface area contributed by atoms with Crippen molar-refractivity contribution in [1.29, 1.82) is 0 Å². The summed E-state index contributed by atoms with van der Waals surface area (Å²) in [5, 5.41) is 25.9. The zero-order valence-corrected chi connectivity index (χ0v) is 22.2. The highest BCUT2D eigenvalue weighted by molar-refractivity contribution is 6.02. The van der Waals surface area contributed by atoms with E-state index in [-0.39, 0.29) is 35.5 Å². The number of rotatable bonds is 8. The molecule has 4 aromatic rings. The molecule has 0 saturated heterocycles. The van der Waals surface area contributed by atoms with Gasteiger partial charge in [-0.05, 0) is 63.6 Å². The number of aromatic amines is 1. The van der Waals surface area contributed by atoms with Crippen LogP contribution in [-0.4, -0.2) is 51.4 Å². The van der Waals surface area contributed by atoms with Gasteiger partial charge < -0.3 is 30.7 Å². The third kappa shape index (κ3) is 6.17. The van der Waals surface area contributed by atoms with Crippen molar-refractivity contribution in [1.82, 2.24) is 15.1 Å². The number of carbonyl (C=O) groups is 2. The van der Waals surface area contributed by atoms with Crippen LogP contribution >= 0.6 is 0 Å². The van der Waals surface area contributed by atoms with Crippen molar-refractivity contribution in [3.63, 3.8) is 0 Å². The molecule has 0 radical (unpaired) electrons. The third-order valence-electron chi connectivity index (χ3n) is 5.82. The number of phenols is 1. The fraction of sp³-hybridized carbons (Fsp3) is 0.296. The molecular weight excluding hydrogens is 504 g/mol. The summed E-state index contributed by atoms with van der Waals surface area (Å²) in [5.41, 5.74) is 0.113. The number of H-pyrrole nitrogens is 1. The summed E-state index contributed by atoms with van der Waals surface area (Å²) in [6, 6.07) is 11.3. The van der Waals surface area contributed by atoms with Gasteiger partial charge in [0.25, 0.3) is 10.9 Å². The normalized spacial score (nSPS) is 12.2. The van der Waals surface area contributed by atoms with Crippen molar-refractivity contribution in [2.75, 3.05) is 29.5 Å². The Kier molecular flexibility index (Phi) is 7.30. The fourth-order valence-electron chi connectivity index (χ4n) is 3.87. The number of aromatic hydroxyl groups is 1. The second-order valence-electron chi connectivity index (χ2n) is 10.2. The number of aromatic nitrogens is 2.